The van der Waals surface area contributed by atoms with E-state index in [0.717, 1.165) is 19.6 Å². The van der Waals surface area contributed by atoms with Crippen LogP contribution >= 0.6 is 11.3 Å². The van der Waals surface area contributed by atoms with Crippen molar-refractivity contribution < 1.29 is 4.74 Å². The number of hydrogen-bond acceptors (Lipinski definition) is 3. The average molecular weight is 197 g/mol. The maximum atomic E-state index is 5.76. The molecule has 2 nitrogen and oxygen atoms in total. The van der Waals surface area contributed by atoms with Crippen molar-refractivity contribution in [3.8, 4) is 0 Å². The quantitative estimate of drug-likeness (QED) is 0.745. The fourth-order valence-corrected chi connectivity index (χ4v) is 2.23. The van der Waals surface area contributed by atoms with Crippen molar-refractivity contribution in [2.75, 3.05) is 13.2 Å². The largest absolute Gasteiger partial charge is 0.372 e. The van der Waals surface area contributed by atoms with Crippen LogP contribution in [0.5, 0.6) is 0 Å². The highest BCUT2D eigenvalue weighted by molar-refractivity contribution is 7.07. The van der Waals surface area contributed by atoms with Crippen LogP contribution in [0.4, 0.5) is 0 Å². The van der Waals surface area contributed by atoms with Crippen molar-refractivity contribution in [2.45, 2.75) is 25.5 Å². The molecular weight excluding hydrogens is 182 g/mol. The van der Waals surface area contributed by atoms with Gasteiger partial charge in [-0.3, -0.25) is 0 Å². The lowest BCUT2D eigenvalue weighted by Crippen LogP contribution is -2.27. The summed E-state index contributed by atoms with van der Waals surface area (Å²) >= 11 is 1.73. The van der Waals surface area contributed by atoms with Crippen LogP contribution in [0.15, 0.2) is 16.8 Å². The van der Waals surface area contributed by atoms with Gasteiger partial charge in [-0.25, -0.2) is 0 Å². The summed E-state index contributed by atoms with van der Waals surface area (Å²) in [7, 11) is 0. The Bertz CT molecular complexity index is 247. The lowest BCUT2D eigenvalue weighted by molar-refractivity contribution is 0.0668. The van der Waals surface area contributed by atoms with Gasteiger partial charge >= 0.3 is 0 Å². The number of thiophene rings is 1. The fourth-order valence-electron chi connectivity index (χ4n) is 1.53. The SMILES string of the molecule is CC1CCOC(c2ccsc2)CN1. The Morgan fingerprint density at radius 1 is 1.62 bits per heavy atom. The van der Waals surface area contributed by atoms with E-state index in [4.69, 9.17) is 4.74 Å². The predicted molar refractivity (Wildman–Crippen MR) is 55.1 cm³/mol. The molecule has 0 aliphatic carbocycles. The first kappa shape index (κ1) is 9.19. The van der Waals surface area contributed by atoms with Crippen molar-refractivity contribution in [3.05, 3.63) is 22.4 Å². The highest BCUT2D eigenvalue weighted by Gasteiger charge is 2.17. The average Bonchev–Trinajstić information content (AvgIpc) is 2.56. The van der Waals surface area contributed by atoms with Crippen LogP contribution in [-0.4, -0.2) is 19.2 Å². The van der Waals surface area contributed by atoms with Crippen LogP contribution in [0.2, 0.25) is 0 Å². The molecule has 2 rings (SSSR count). The Morgan fingerprint density at radius 3 is 3.31 bits per heavy atom. The van der Waals surface area contributed by atoms with E-state index in [-0.39, 0.29) is 6.10 Å². The van der Waals surface area contributed by atoms with Crippen molar-refractivity contribution in [1.29, 1.82) is 0 Å². The van der Waals surface area contributed by atoms with Gasteiger partial charge in [-0.05, 0) is 35.7 Å². The highest BCUT2D eigenvalue weighted by Crippen LogP contribution is 2.21. The first-order valence-corrected chi connectivity index (χ1v) is 5.67. The highest BCUT2D eigenvalue weighted by atomic mass is 32.1. The third kappa shape index (κ3) is 2.30. The molecule has 2 atom stereocenters. The second kappa shape index (κ2) is 4.22. The molecule has 13 heavy (non-hydrogen) atoms. The van der Waals surface area contributed by atoms with Crippen LogP contribution in [0.1, 0.15) is 25.0 Å². The van der Waals surface area contributed by atoms with Gasteiger partial charge in [-0.15, -0.1) is 0 Å². The number of hydrogen-bond donors (Lipinski definition) is 1. The van der Waals surface area contributed by atoms with E-state index in [9.17, 15) is 0 Å². The van der Waals surface area contributed by atoms with Gasteiger partial charge in [0.05, 0.1) is 6.10 Å². The summed E-state index contributed by atoms with van der Waals surface area (Å²) in [6.07, 6.45) is 1.37. The van der Waals surface area contributed by atoms with E-state index in [1.165, 1.54) is 5.56 Å². The minimum atomic E-state index is 0.260. The summed E-state index contributed by atoms with van der Waals surface area (Å²) in [5.41, 5.74) is 1.31. The Morgan fingerprint density at radius 2 is 2.54 bits per heavy atom. The van der Waals surface area contributed by atoms with Gasteiger partial charge < -0.3 is 10.1 Å². The van der Waals surface area contributed by atoms with E-state index >= 15 is 0 Å². The van der Waals surface area contributed by atoms with E-state index in [0.29, 0.717) is 6.04 Å². The topological polar surface area (TPSA) is 21.3 Å². The normalized spacial score (nSPS) is 29.9. The van der Waals surface area contributed by atoms with Gasteiger partial charge in [0.25, 0.3) is 0 Å². The zero-order valence-corrected chi connectivity index (χ0v) is 8.64. The van der Waals surface area contributed by atoms with Gasteiger partial charge in [0.2, 0.25) is 0 Å². The first-order chi connectivity index (χ1) is 6.36. The molecule has 1 aromatic heterocycles. The molecule has 0 aromatic carbocycles. The van der Waals surface area contributed by atoms with Gasteiger partial charge in [0, 0.05) is 19.2 Å². The zero-order valence-electron chi connectivity index (χ0n) is 7.82. The minimum absolute atomic E-state index is 0.260. The summed E-state index contributed by atoms with van der Waals surface area (Å²) in [4.78, 5) is 0. The van der Waals surface area contributed by atoms with Crippen molar-refractivity contribution in [2.24, 2.45) is 0 Å². The van der Waals surface area contributed by atoms with Gasteiger partial charge in [0.1, 0.15) is 0 Å². The molecule has 0 saturated carbocycles. The molecule has 3 heteroatoms. The van der Waals surface area contributed by atoms with Gasteiger partial charge in [0.15, 0.2) is 0 Å². The van der Waals surface area contributed by atoms with E-state index in [1.54, 1.807) is 11.3 Å². The standard InChI is InChI=1S/C10H15NOS/c1-8-2-4-12-10(6-11-8)9-3-5-13-7-9/h3,5,7-8,10-11H,2,4,6H2,1H3. The Balaban J connectivity index is 2.00. The molecule has 0 spiro atoms. The van der Waals surface area contributed by atoms with Gasteiger partial charge in [-0.2, -0.15) is 11.3 Å². The Labute approximate surface area is 82.9 Å². The predicted octanol–water partition coefficient (Wildman–Crippen LogP) is 2.19. The molecule has 1 fully saturated rings. The Hall–Kier alpha value is -0.380. The zero-order chi connectivity index (χ0) is 9.10. The van der Waals surface area contributed by atoms with Crippen LogP contribution < -0.4 is 5.32 Å². The van der Waals surface area contributed by atoms with Crippen LogP contribution in [0, 0.1) is 0 Å². The van der Waals surface area contributed by atoms with Crippen molar-refractivity contribution >= 4 is 11.3 Å². The van der Waals surface area contributed by atoms with Gasteiger partial charge in [-0.1, -0.05) is 0 Å². The molecule has 0 radical (unpaired) electrons. The summed E-state index contributed by atoms with van der Waals surface area (Å²) in [5.74, 6) is 0. The molecule has 1 aromatic rings. The smallest absolute Gasteiger partial charge is 0.0957 e. The summed E-state index contributed by atoms with van der Waals surface area (Å²) in [6, 6.07) is 2.73. The second-order valence-corrected chi connectivity index (χ2v) is 4.29. The molecule has 1 saturated heterocycles. The summed E-state index contributed by atoms with van der Waals surface area (Å²) in [6.45, 7) is 4.02. The minimum Gasteiger partial charge on any atom is -0.372 e. The van der Waals surface area contributed by atoms with Crippen molar-refractivity contribution in [3.63, 3.8) is 0 Å². The van der Waals surface area contributed by atoms with E-state index < -0.39 is 0 Å². The maximum absolute atomic E-state index is 5.76. The molecule has 2 unspecified atom stereocenters. The summed E-state index contributed by atoms with van der Waals surface area (Å²) < 4.78 is 5.76. The molecule has 1 aliphatic rings. The second-order valence-electron chi connectivity index (χ2n) is 3.51. The molecular formula is C10H15NOS. The maximum Gasteiger partial charge on any atom is 0.0957 e. The molecule has 0 amide bonds. The van der Waals surface area contributed by atoms with Crippen LogP contribution in [0.25, 0.3) is 0 Å². The summed E-state index contributed by atoms with van der Waals surface area (Å²) in [5, 5.41) is 7.74. The number of nitrogens with one attached hydrogen (secondary N) is 1. The molecule has 72 valence electrons. The van der Waals surface area contributed by atoms with E-state index in [2.05, 4.69) is 29.1 Å². The molecule has 1 aliphatic heterocycles. The molecule has 0 bridgehead atoms. The van der Waals surface area contributed by atoms with Crippen LogP contribution in [-0.2, 0) is 4.74 Å². The number of rotatable bonds is 1. The number of ether oxygens (including phenoxy) is 1. The monoisotopic (exact) mass is 197 g/mol. The third-order valence-electron chi connectivity index (χ3n) is 2.44. The van der Waals surface area contributed by atoms with Crippen LogP contribution in [0.3, 0.4) is 0 Å². The molecule has 2 heterocycles. The molecule has 1 N–H and O–H groups in total. The van der Waals surface area contributed by atoms with Crippen molar-refractivity contribution in [1.82, 2.24) is 5.32 Å². The lowest BCUT2D eigenvalue weighted by Gasteiger charge is -2.13. The first-order valence-electron chi connectivity index (χ1n) is 4.73. The Kier molecular flexibility index (Phi) is 2.98. The lowest BCUT2D eigenvalue weighted by atomic mass is 10.2. The van der Waals surface area contributed by atoms with E-state index in [1.807, 2.05) is 0 Å². The fraction of sp³-hybridized carbons (Fsp3) is 0.600. The third-order valence-corrected chi connectivity index (χ3v) is 3.14.